The number of aromatic nitrogens is 2. The number of halogens is 2. The van der Waals surface area contributed by atoms with Crippen LogP contribution in [0.5, 0.6) is 0 Å². The van der Waals surface area contributed by atoms with Gasteiger partial charge in [-0.05, 0) is 28.1 Å². The first-order valence-corrected chi connectivity index (χ1v) is 6.61. The molecule has 0 bridgehead atoms. The predicted octanol–water partition coefficient (Wildman–Crippen LogP) is 1.94. The molecule has 6 heteroatoms. The molecule has 1 aromatic heterocycles. The van der Waals surface area contributed by atoms with Crippen LogP contribution < -0.4 is 10.2 Å². The summed E-state index contributed by atoms with van der Waals surface area (Å²) < 4.78 is 14.8. The molecule has 1 aliphatic heterocycles. The Morgan fingerprint density at radius 2 is 2.00 bits per heavy atom. The van der Waals surface area contributed by atoms with Crippen molar-refractivity contribution in [3.63, 3.8) is 0 Å². The predicted molar refractivity (Wildman–Crippen MR) is 72.3 cm³/mol. The molecule has 3 rings (SSSR count). The van der Waals surface area contributed by atoms with Gasteiger partial charge in [0.25, 0.3) is 0 Å². The first-order valence-electron chi connectivity index (χ1n) is 5.82. The fourth-order valence-corrected chi connectivity index (χ4v) is 2.64. The molecule has 0 amide bonds. The first-order chi connectivity index (χ1) is 8.77. The van der Waals surface area contributed by atoms with Gasteiger partial charge >= 0.3 is 0 Å². The summed E-state index contributed by atoms with van der Waals surface area (Å²) in [5, 5.41) is 3.76. The van der Waals surface area contributed by atoms with Gasteiger partial charge < -0.3 is 10.2 Å². The Balaban J connectivity index is 2.19. The number of nitrogens with one attached hydrogen (secondary N) is 1. The van der Waals surface area contributed by atoms with Crippen LogP contribution in [0.3, 0.4) is 0 Å². The molecule has 94 valence electrons. The minimum Gasteiger partial charge on any atom is -0.353 e. The lowest BCUT2D eigenvalue weighted by molar-refractivity contribution is 0.584. The number of fused-ring (bicyclic) bond motifs is 1. The number of hydrogen-bond acceptors (Lipinski definition) is 4. The average molecular weight is 311 g/mol. The van der Waals surface area contributed by atoms with Gasteiger partial charge in [-0.25, -0.2) is 14.4 Å². The summed E-state index contributed by atoms with van der Waals surface area (Å²) in [6.07, 6.45) is 1.49. The summed E-state index contributed by atoms with van der Waals surface area (Å²) in [4.78, 5) is 10.5. The fraction of sp³-hybridized carbons (Fsp3) is 0.333. The molecule has 1 fully saturated rings. The van der Waals surface area contributed by atoms with Crippen molar-refractivity contribution in [1.29, 1.82) is 0 Å². The summed E-state index contributed by atoms with van der Waals surface area (Å²) in [7, 11) is 0. The molecule has 0 spiro atoms. The SMILES string of the molecule is Fc1ccc(Br)c2ncnc(N3CCNCC3)c12. The zero-order valence-electron chi connectivity index (χ0n) is 9.66. The Morgan fingerprint density at radius 1 is 1.22 bits per heavy atom. The van der Waals surface area contributed by atoms with E-state index >= 15 is 0 Å². The highest BCUT2D eigenvalue weighted by atomic mass is 79.9. The Bertz CT molecular complexity index is 584. The second-order valence-corrected chi connectivity index (χ2v) is 5.04. The largest absolute Gasteiger partial charge is 0.353 e. The van der Waals surface area contributed by atoms with Crippen LogP contribution in [-0.4, -0.2) is 36.1 Å². The van der Waals surface area contributed by atoms with Gasteiger partial charge in [-0.3, -0.25) is 0 Å². The van der Waals surface area contributed by atoms with Gasteiger partial charge in [0.2, 0.25) is 0 Å². The van der Waals surface area contributed by atoms with Crippen LogP contribution in [0.15, 0.2) is 22.9 Å². The molecule has 2 aromatic rings. The van der Waals surface area contributed by atoms with Gasteiger partial charge in [0.1, 0.15) is 18.0 Å². The maximum Gasteiger partial charge on any atom is 0.142 e. The van der Waals surface area contributed by atoms with E-state index in [1.54, 1.807) is 6.07 Å². The van der Waals surface area contributed by atoms with Crippen molar-refractivity contribution >= 4 is 32.7 Å². The molecule has 1 N–H and O–H groups in total. The van der Waals surface area contributed by atoms with Crippen molar-refractivity contribution in [2.75, 3.05) is 31.1 Å². The van der Waals surface area contributed by atoms with Crippen molar-refractivity contribution in [1.82, 2.24) is 15.3 Å². The molecule has 0 saturated carbocycles. The Morgan fingerprint density at radius 3 is 2.78 bits per heavy atom. The van der Waals surface area contributed by atoms with Gasteiger partial charge in [-0.2, -0.15) is 0 Å². The Labute approximate surface area is 112 Å². The van der Waals surface area contributed by atoms with E-state index in [9.17, 15) is 4.39 Å². The van der Waals surface area contributed by atoms with Gasteiger partial charge in [-0.15, -0.1) is 0 Å². The van der Waals surface area contributed by atoms with E-state index in [0.29, 0.717) is 16.7 Å². The van der Waals surface area contributed by atoms with E-state index in [-0.39, 0.29) is 5.82 Å². The lowest BCUT2D eigenvalue weighted by Gasteiger charge is -2.29. The van der Waals surface area contributed by atoms with Crippen molar-refractivity contribution in [2.24, 2.45) is 0 Å². The third kappa shape index (κ3) is 1.95. The minimum atomic E-state index is -0.276. The third-order valence-electron chi connectivity index (χ3n) is 3.08. The number of hydrogen-bond donors (Lipinski definition) is 1. The van der Waals surface area contributed by atoms with Gasteiger partial charge in [0, 0.05) is 30.7 Å². The van der Waals surface area contributed by atoms with Crippen LogP contribution in [0, 0.1) is 5.82 Å². The quantitative estimate of drug-likeness (QED) is 0.874. The van der Waals surface area contributed by atoms with Crippen molar-refractivity contribution in [3.05, 3.63) is 28.7 Å². The van der Waals surface area contributed by atoms with Crippen LogP contribution in [-0.2, 0) is 0 Å². The lowest BCUT2D eigenvalue weighted by atomic mass is 10.2. The third-order valence-corrected chi connectivity index (χ3v) is 3.72. The van der Waals surface area contributed by atoms with E-state index in [2.05, 4.69) is 36.1 Å². The molecular formula is C12H12BrFN4. The maximum atomic E-state index is 14.0. The molecule has 1 aliphatic rings. The van der Waals surface area contributed by atoms with Crippen molar-refractivity contribution in [2.45, 2.75) is 0 Å². The van der Waals surface area contributed by atoms with Crippen LogP contribution >= 0.6 is 15.9 Å². The highest BCUT2D eigenvalue weighted by molar-refractivity contribution is 9.10. The summed E-state index contributed by atoms with van der Waals surface area (Å²) >= 11 is 3.40. The number of anilines is 1. The van der Waals surface area contributed by atoms with Gasteiger partial charge in [0.05, 0.1) is 10.9 Å². The zero-order chi connectivity index (χ0) is 12.5. The molecule has 0 aliphatic carbocycles. The number of rotatable bonds is 1. The van der Waals surface area contributed by atoms with Crippen molar-refractivity contribution < 1.29 is 4.39 Å². The second kappa shape index (κ2) is 4.78. The standard InChI is InChI=1S/C12H12BrFN4/c13-8-1-2-9(14)10-11(8)16-7-17-12(10)18-5-3-15-4-6-18/h1-2,7,15H,3-6H2. The minimum absolute atomic E-state index is 0.276. The van der Waals surface area contributed by atoms with Crippen LogP contribution in [0.1, 0.15) is 0 Å². The first kappa shape index (κ1) is 11.8. The summed E-state index contributed by atoms with van der Waals surface area (Å²) in [6, 6.07) is 3.12. The van der Waals surface area contributed by atoms with Gasteiger partial charge in [-0.1, -0.05) is 0 Å². The Kier molecular flexibility index (Phi) is 3.13. The van der Waals surface area contributed by atoms with Crippen LogP contribution in [0.4, 0.5) is 10.2 Å². The zero-order valence-corrected chi connectivity index (χ0v) is 11.2. The van der Waals surface area contributed by atoms with E-state index in [1.807, 2.05) is 0 Å². The smallest absolute Gasteiger partial charge is 0.142 e. The average Bonchev–Trinajstić information content (AvgIpc) is 2.43. The second-order valence-electron chi connectivity index (χ2n) is 4.19. The fourth-order valence-electron chi connectivity index (χ4n) is 2.20. The van der Waals surface area contributed by atoms with E-state index in [4.69, 9.17) is 0 Å². The normalized spacial score (nSPS) is 16.2. The lowest BCUT2D eigenvalue weighted by Crippen LogP contribution is -2.44. The van der Waals surface area contributed by atoms with Crippen LogP contribution in [0.25, 0.3) is 10.9 Å². The van der Waals surface area contributed by atoms with Crippen LogP contribution in [0.2, 0.25) is 0 Å². The molecule has 1 aromatic carbocycles. The summed E-state index contributed by atoms with van der Waals surface area (Å²) in [5.41, 5.74) is 0.624. The van der Waals surface area contributed by atoms with Crippen molar-refractivity contribution in [3.8, 4) is 0 Å². The van der Waals surface area contributed by atoms with Gasteiger partial charge in [0.15, 0.2) is 0 Å². The van der Waals surface area contributed by atoms with E-state index in [1.165, 1.54) is 12.4 Å². The number of benzene rings is 1. The molecule has 4 nitrogen and oxygen atoms in total. The molecule has 1 saturated heterocycles. The molecule has 0 unspecified atom stereocenters. The maximum absolute atomic E-state index is 14.0. The topological polar surface area (TPSA) is 41.1 Å². The molecular weight excluding hydrogens is 299 g/mol. The monoisotopic (exact) mass is 310 g/mol. The highest BCUT2D eigenvalue weighted by Crippen LogP contribution is 2.30. The molecule has 2 heterocycles. The number of nitrogens with zero attached hydrogens (tertiary/aromatic N) is 3. The number of piperazine rings is 1. The molecule has 18 heavy (non-hydrogen) atoms. The Hall–Kier alpha value is -1.27. The molecule has 0 radical (unpaired) electrons. The summed E-state index contributed by atoms with van der Waals surface area (Å²) in [5.74, 6) is 0.405. The van der Waals surface area contributed by atoms with E-state index in [0.717, 1.165) is 30.7 Å². The summed E-state index contributed by atoms with van der Waals surface area (Å²) in [6.45, 7) is 3.44. The van der Waals surface area contributed by atoms with E-state index < -0.39 is 0 Å². The molecule has 0 atom stereocenters. The highest BCUT2D eigenvalue weighted by Gasteiger charge is 2.18.